The fourth-order valence-corrected chi connectivity index (χ4v) is 4.56. The number of fused-ring (bicyclic) bond motifs is 1. The molecule has 6 heteroatoms. The zero-order valence-electron chi connectivity index (χ0n) is 17.0. The molecule has 1 aliphatic heterocycles. The first-order valence-corrected chi connectivity index (χ1v) is 11.2. The van der Waals surface area contributed by atoms with E-state index in [4.69, 9.17) is 14.7 Å². The number of methoxy groups -OCH3 is 1. The Balaban J connectivity index is 1.50. The predicted molar refractivity (Wildman–Crippen MR) is 125 cm³/mol. The first-order valence-electron chi connectivity index (χ1n) is 10.3. The standard InChI is InChI=1S/C24H24N4OS/c1-29-19-9-6-17(7-10-19)16-25-23-20-11-8-18(22-5-4-14-30-22)15-21(20)26-24(27-23)28-12-2-3-13-28/h4-11,14-15H,2-3,12-13,16H2,1H3,(H,25,26,27). The van der Waals surface area contributed by atoms with Crippen LogP contribution in [0.4, 0.5) is 11.8 Å². The summed E-state index contributed by atoms with van der Waals surface area (Å²) in [4.78, 5) is 13.4. The van der Waals surface area contributed by atoms with Crippen molar-refractivity contribution in [1.82, 2.24) is 9.97 Å². The molecule has 0 saturated carbocycles. The van der Waals surface area contributed by atoms with Gasteiger partial charge in [0.05, 0.1) is 12.6 Å². The Morgan fingerprint density at radius 3 is 2.60 bits per heavy atom. The number of nitrogens with one attached hydrogen (secondary N) is 1. The second-order valence-corrected chi connectivity index (χ2v) is 8.42. The Labute approximate surface area is 180 Å². The van der Waals surface area contributed by atoms with Crippen molar-refractivity contribution in [2.24, 2.45) is 0 Å². The molecule has 4 aromatic rings. The van der Waals surface area contributed by atoms with Gasteiger partial charge in [0.1, 0.15) is 11.6 Å². The molecule has 0 amide bonds. The third kappa shape index (κ3) is 3.83. The number of hydrogen-bond acceptors (Lipinski definition) is 6. The Hall–Kier alpha value is -3.12. The van der Waals surface area contributed by atoms with Crippen LogP contribution in [0.5, 0.6) is 5.75 Å². The van der Waals surface area contributed by atoms with E-state index in [1.165, 1.54) is 28.8 Å². The second-order valence-electron chi connectivity index (χ2n) is 7.48. The monoisotopic (exact) mass is 416 g/mol. The maximum atomic E-state index is 5.26. The molecule has 0 spiro atoms. The van der Waals surface area contributed by atoms with E-state index < -0.39 is 0 Å². The fourth-order valence-electron chi connectivity index (χ4n) is 3.84. The zero-order valence-corrected chi connectivity index (χ0v) is 17.8. The van der Waals surface area contributed by atoms with Crippen molar-refractivity contribution in [3.8, 4) is 16.2 Å². The molecule has 1 fully saturated rings. The van der Waals surface area contributed by atoms with Gasteiger partial charge in [0, 0.05) is 29.9 Å². The highest BCUT2D eigenvalue weighted by Crippen LogP contribution is 2.31. The summed E-state index contributed by atoms with van der Waals surface area (Å²) in [6, 6.07) is 18.8. The quantitative estimate of drug-likeness (QED) is 0.445. The van der Waals surface area contributed by atoms with E-state index in [9.17, 15) is 0 Å². The molecule has 0 bridgehead atoms. The summed E-state index contributed by atoms with van der Waals surface area (Å²) in [6.07, 6.45) is 2.40. The van der Waals surface area contributed by atoms with Crippen molar-refractivity contribution in [3.05, 3.63) is 65.5 Å². The first-order chi connectivity index (χ1) is 14.8. The first kappa shape index (κ1) is 18.9. The molecule has 152 valence electrons. The van der Waals surface area contributed by atoms with Crippen molar-refractivity contribution in [3.63, 3.8) is 0 Å². The van der Waals surface area contributed by atoms with Crippen molar-refractivity contribution >= 4 is 34.0 Å². The van der Waals surface area contributed by atoms with Gasteiger partial charge in [0.15, 0.2) is 0 Å². The average molecular weight is 417 g/mol. The van der Waals surface area contributed by atoms with Crippen LogP contribution in [-0.2, 0) is 6.54 Å². The van der Waals surface area contributed by atoms with Gasteiger partial charge in [-0.3, -0.25) is 0 Å². The molecule has 1 saturated heterocycles. The van der Waals surface area contributed by atoms with E-state index in [0.29, 0.717) is 6.54 Å². The average Bonchev–Trinajstić information content (AvgIpc) is 3.52. The molecule has 0 unspecified atom stereocenters. The molecule has 5 rings (SSSR count). The van der Waals surface area contributed by atoms with E-state index >= 15 is 0 Å². The number of anilines is 2. The molecule has 3 heterocycles. The van der Waals surface area contributed by atoms with Crippen molar-refractivity contribution in [2.75, 3.05) is 30.4 Å². The minimum atomic E-state index is 0.697. The largest absolute Gasteiger partial charge is 0.497 e. The Kier molecular flexibility index (Phi) is 5.24. The Morgan fingerprint density at radius 1 is 1.03 bits per heavy atom. The number of thiophene rings is 1. The number of aromatic nitrogens is 2. The molecule has 2 aromatic heterocycles. The van der Waals surface area contributed by atoms with E-state index in [1.54, 1.807) is 18.4 Å². The molecule has 0 radical (unpaired) electrons. The van der Waals surface area contributed by atoms with Crippen LogP contribution in [0.25, 0.3) is 21.3 Å². The summed E-state index contributed by atoms with van der Waals surface area (Å²) < 4.78 is 5.26. The lowest BCUT2D eigenvalue weighted by molar-refractivity contribution is 0.414. The maximum Gasteiger partial charge on any atom is 0.227 e. The predicted octanol–water partition coefficient (Wildman–Crippen LogP) is 5.58. The van der Waals surface area contributed by atoms with E-state index in [0.717, 1.165) is 41.5 Å². The minimum absolute atomic E-state index is 0.697. The molecular formula is C24H24N4OS. The van der Waals surface area contributed by atoms with Gasteiger partial charge >= 0.3 is 0 Å². The van der Waals surface area contributed by atoms with Crippen molar-refractivity contribution in [1.29, 1.82) is 0 Å². The zero-order chi connectivity index (χ0) is 20.3. The number of benzene rings is 2. The van der Waals surface area contributed by atoms with Gasteiger partial charge in [-0.25, -0.2) is 4.98 Å². The summed E-state index contributed by atoms with van der Waals surface area (Å²) in [5.74, 6) is 2.57. The van der Waals surface area contributed by atoms with Gasteiger partial charge in [0.2, 0.25) is 5.95 Å². The van der Waals surface area contributed by atoms with E-state index in [1.807, 2.05) is 12.1 Å². The van der Waals surface area contributed by atoms with Crippen molar-refractivity contribution < 1.29 is 4.74 Å². The highest BCUT2D eigenvalue weighted by Gasteiger charge is 2.18. The summed E-state index contributed by atoms with van der Waals surface area (Å²) in [5, 5.41) is 6.70. The molecule has 0 atom stereocenters. The van der Waals surface area contributed by atoms with Crippen LogP contribution in [0.15, 0.2) is 60.0 Å². The molecule has 1 aliphatic rings. The van der Waals surface area contributed by atoms with Crippen LogP contribution >= 0.6 is 11.3 Å². The fraction of sp³-hybridized carbons (Fsp3) is 0.250. The summed E-state index contributed by atoms with van der Waals surface area (Å²) in [5.41, 5.74) is 3.36. The number of ether oxygens (including phenoxy) is 1. The molecule has 5 nitrogen and oxygen atoms in total. The van der Waals surface area contributed by atoms with Gasteiger partial charge in [-0.2, -0.15) is 4.98 Å². The summed E-state index contributed by atoms with van der Waals surface area (Å²) in [6.45, 7) is 2.74. The van der Waals surface area contributed by atoms with Gasteiger partial charge in [0.25, 0.3) is 0 Å². The van der Waals surface area contributed by atoms with Gasteiger partial charge in [-0.15, -0.1) is 11.3 Å². The van der Waals surface area contributed by atoms with E-state index in [-0.39, 0.29) is 0 Å². The third-order valence-corrected chi connectivity index (χ3v) is 6.42. The molecule has 0 aliphatic carbocycles. The number of nitrogens with zero attached hydrogens (tertiary/aromatic N) is 3. The van der Waals surface area contributed by atoms with Crippen molar-refractivity contribution in [2.45, 2.75) is 19.4 Å². The third-order valence-electron chi connectivity index (χ3n) is 5.50. The summed E-state index contributed by atoms with van der Waals surface area (Å²) in [7, 11) is 1.69. The lowest BCUT2D eigenvalue weighted by Crippen LogP contribution is -2.21. The van der Waals surface area contributed by atoms with Gasteiger partial charge in [-0.1, -0.05) is 24.3 Å². The normalized spacial score (nSPS) is 13.7. The van der Waals surface area contributed by atoms with Gasteiger partial charge < -0.3 is 15.0 Å². The van der Waals surface area contributed by atoms with Gasteiger partial charge in [-0.05, 0) is 59.7 Å². The lowest BCUT2D eigenvalue weighted by Gasteiger charge is -2.18. The second kappa shape index (κ2) is 8.32. The SMILES string of the molecule is COc1ccc(CNc2nc(N3CCCC3)nc3cc(-c4cccs4)ccc23)cc1. The van der Waals surface area contributed by atoms with Crippen LogP contribution in [0, 0.1) is 0 Å². The number of hydrogen-bond donors (Lipinski definition) is 1. The number of rotatable bonds is 6. The van der Waals surface area contributed by atoms with Crippen LogP contribution in [-0.4, -0.2) is 30.2 Å². The molecule has 30 heavy (non-hydrogen) atoms. The smallest absolute Gasteiger partial charge is 0.227 e. The minimum Gasteiger partial charge on any atom is -0.497 e. The van der Waals surface area contributed by atoms with Crippen LogP contribution in [0.1, 0.15) is 18.4 Å². The maximum absolute atomic E-state index is 5.26. The summed E-state index contributed by atoms with van der Waals surface area (Å²) >= 11 is 1.75. The topological polar surface area (TPSA) is 50.3 Å². The Bertz CT molecular complexity index is 1140. The van der Waals surface area contributed by atoms with Crippen LogP contribution in [0.3, 0.4) is 0 Å². The highest BCUT2D eigenvalue weighted by atomic mass is 32.1. The molecule has 2 aromatic carbocycles. The lowest BCUT2D eigenvalue weighted by atomic mass is 10.1. The Morgan fingerprint density at radius 2 is 1.87 bits per heavy atom. The molecular weight excluding hydrogens is 392 g/mol. The highest BCUT2D eigenvalue weighted by molar-refractivity contribution is 7.13. The van der Waals surface area contributed by atoms with E-state index in [2.05, 4.69) is 58.1 Å². The van der Waals surface area contributed by atoms with Crippen LogP contribution < -0.4 is 15.0 Å². The molecule has 1 N–H and O–H groups in total. The van der Waals surface area contributed by atoms with Crippen LogP contribution in [0.2, 0.25) is 0 Å².